The second kappa shape index (κ2) is 9.79. The lowest BCUT2D eigenvalue weighted by molar-refractivity contribution is -0.136. The van der Waals surface area contributed by atoms with Crippen molar-refractivity contribution >= 4 is 42.1 Å². The van der Waals surface area contributed by atoms with Gasteiger partial charge in [-0.1, -0.05) is 6.92 Å². The topological polar surface area (TPSA) is 48.5 Å². The molecule has 0 aliphatic carbocycles. The molecule has 2 saturated heterocycles. The molecule has 1 unspecified atom stereocenters. The van der Waals surface area contributed by atoms with Crippen LogP contribution < -0.4 is 5.32 Å². The predicted octanol–water partition coefficient (Wildman–Crippen LogP) is 1.80. The van der Waals surface area contributed by atoms with Crippen molar-refractivity contribution in [1.29, 1.82) is 0 Å². The molecular formula is C15H26Cl2N4OS. The van der Waals surface area contributed by atoms with E-state index in [1.165, 1.54) is 10.7 Å². The van der Waals surface area contributed by atoms with Crippen LogP contribution >= 0.6 is 36.2 Å². The van der Waals surface area contributed by atoms with Gasteiger partial charge in [0.15, 0.2) is 0 Å². The van der Waals surface area contributed by atoms with Crippen LogP contribution in [-0.4, -0.2) is 60.0 Å². The van der Waals surface area contributed by atoms with E-state index in [1.54, 1.807) is 11.3 Å². The zero-order valence-corrected chi connectivity index (χ0v) is 15.9. The molecule has 3 rings (SSSR count). The number of nitrogens with one attached hydrogen (secondary N) is 1. The molecule has 0 spiro atoms. The van der Waals surface area contributed by atoms with E-state index >= 15 is 0 Å². The number of amides is 1. The number of nitrogens with zero attached hydrogens (tertiary/aromatic N) is 3. The molecule has 132 valence electrons. The van der Waals surface area contributed by atoms with Gasteiger partial charge in [-0.3, -0.25) is 9.69 Å². The Hall–Kier alpha value is -0.400. The highest BCUT2D eigenvalue weighted by molar-refractivity contribution is 7.09. The van der Waals surface area contributed by atoms with E-state index in [0.29, 0.717) is 5.91 Å². The molecule has 23 heavy (non-hydrogen) atoms. The van der Waals surface area contributed by atoms with Crippen LogP contribution in [0.25, 0.3) is 0 Å². The summed E-state index contributed by atoms with van der Waals surface area (Å²) in [4.78, 5) is 21.4. The third-order valence-corrected chi connectivity index (χ3v) is 5.42. The van der Waals surface area contributed by atoms with Crippen molar-refractivity contribution in [3.05, 3.63) is 16.1 Å². The van der Waals surface area contributed by atoms with Gasteiger partial charge in [0.25, 0.3) is 0 Å². The van der Waals surface area contributed by atoms with Crippen LogP contribution in [0, 0.1) is 5.92 Å². The van der Waals surface area contributed by atoms with Crippen LogP contribution in [0.3, 0.4) is 0 Å². The molecule has 2 fully saturated rings. The Bertz CT molecular complexity index is 486. The fraction of sp³-hybridized carbons (Fsp3) is 0.733. The zero-order valence-electron chi connectivity index (χ0n) is 13.5. The van der Waals surface area contributed by atoms with Crippen molar-refractivity contribution in [3.8, 4) is 0 Å². The SMILES string of the molecule is CCc1nc(CN2CCN(C(=O)C3CCNC3)CC2)cs1.Cl.Cl. The Morgan fingerprint density at radius 2 is 2.09 bits per heavy atom. The van der Waals surface area contributed by atoms with Crippen LogP contribution in [0.1, 0.15) is 24.0 Å². The average Bonchev–Trinajstić information content (AvgIpc) is 3.19. The molecule has 1 aromatic heterocycles. The number of piperazine rings is 1. The minimum Gasteiger partial charge on any atom is -0.340 e. The van der Waals surface area contributed by atoms with Gasteiger partial charge >= 0.3 is 0 Å². The highest BCUT2D eigenvalue weighted by Crippen LogP contribution is 2.16. The largest absolute Gasteiger partial charge is 0.340 e. The Kier molecular flexibility index (Phi) is 8.79. The number of rotatable bonds is 4. The molecule has 0 radical (unpaired) electrons. The van der Waals surface area contributed by atoms with Crippen LogP contribution in [-0.2, 0) is 17.8 Å². The lowest BCUT2D eigenvalue weighted by Gasteiger charge is -2.35. The van der Waals surface area contributed by atoms with Gasteiger partial charge in [-0.25, -0.2) is 4.98 Å². The molecule has 8 heteroatoms. The van der Waals surface area contributed by atoms with E-state index in [4.69, 9.17) is 0 Å². The van der Waals surface area contributed by atoms with Gasteiger partial charge in [-0.15, -0.1) is 36.2 Å². The Morgan fingerprint density at radius 3 is 2.65 bits per heavy atom. The van der Waals surface area contributed by atoms with Crippen molar-refractivity contribution in [2.24, 2.45) is 5.92 Å². The van der Waals surface area contributed by atoms with Crippen LogP contribution in [0.4, 0.5) is 0 Å². The highest BCUT2D eigenvalue weighted by atomic mass is 35.5. The van der Waals surface area contributed by atoms with Crippen LogP contribution in [0.15, 0.2) is 5.38 Å². The molecule has 0 aromatic carbocycles. The van der Waals surface area contributed by atoms with Crippen molar-refractivity contribution in [2.45, 2.75) is 26.3 Å². The second-order valence-electron chi connectivity index (χ2n) is 5.88. The Labute approximate surface area is 154 Å². The van der Waals surface area contributed by atoms with Crippen LogP contribution in [0.5, 0.6) is 0 Å². The number of carbonyl (C=O) groups is 1. The standard InChI is InChI=1S/C15H24N4OS.2ClH/c1-2-14-17-13(11-21-14)10-18-5-7-19(8-6-18)15(20)12-3-4-16-9-12;;/h11-12,16H,2-10H2,1H3;2*1H. The summed E-state index contributed by atoms with van der Waals surface area (Å²) in [6.45, 7) is 8.56. The lowest BCUT2D eigenvalue weighted by Crippen LogP contribution is -2.50. The van der Waals surface area contributed by atoms with Gasteiger partial charge in [0.05, 0.1) is 16.6 Å². The molecule has 3 heterocycles. The number of aryl methyl sites for hydroxylation is 1. The Balaban J connectivity index is 0.00000132. The normalized spacial score (nSPS) is 21.6. The maximum absolute atomic E-state index is 12.4. The molecule has 1 N–H and O–H groups in total. The van der Waals surface area contributed by atoms with E-state index in [-0.39, 0.29) is 30.7 Å². The number of carbonyl (C=O) groups excluding carboxylic acids is 1. The van der Waals surface area contributed by atoms with Gasteiger partial charge < -0.3 is 10.2 Å². The maximum atomic E-state index is 12.4. The Morgan fingerprint density at radius 1 is 1.35 bits per heavy atom. The highest BCUT2D eigenvalue weighted by Gasteiger charge is 2.29. The second-order valence-corrected chi connectivity index (χ2v) is 6.82. The summed E-state index contributed by atoms with van der Waals surface area (Å²) in [5, 5.41) is 6.66. The molecule has 0 bridgehead atoms. The summed E-state index contributed by atoms with van der Waals surface area (Å²) in [7, 11) is 0. The number of hydrogen-bond acceptors (Lipinski definition) is 5. The van der Waals surface area contributed by atoms with E-state index < -0.39 is 0 Å². The van der Waals surface area contributed by atoms with Crippen LogP contribution in [0.2, 0.25) is 0 Å². The van der Waals surface area contributed by atoms with Gasteiger partial charge in [0, 0.05) is 44.6 Å². The summed E-state index contributed by atoms with van der Waals surface area (Å²) >= 11 is 1.75. The lowest BCUT2D eigenvalue weighted by atomic mass is 10.1. The molecule has 1 atom stereocenters. The molecule has 1 amide bonds. The number of hydrogen-bond donors (Lipinski definition) is 1. The maximum Gasteiger partial charge on any atom is 0.227 e. The first-order valence-corrected chi connectivity index (χ1v) is 8.79. The van der Waals surface area contributed by atoms with Crippen molar-refractivity contribution in [2.75, 3.05) is 39.3 Å². The fourth-order valence-electron chi connectivity index (χ4n) is 3.06. The third kappa shape index (κ3) is 5.29. The smallest absolute Gasteiger partial charge is 0.227 e. The summed E-state index contributed by atoms with van der Waals surface area (Å²) in [6.07, 6.45) is 2.01. The molecular weight excluding hydrogens is 355 g/mol. The van der Waals surface area contributed by atoms with Gasteiger partial charge in [-0.2, -0.15) is 0 Å². The minimum atomic E-state index is 0. The number of aromatic nitrogens is 1. The van der Waals surface area contributed by atoms with E-state index in [0.717, 1.165) is 58.7 Å². The first-order chi connectivity index (χ1) is 10.3. The average molecular weight is 381 g/mol. The monoisotopic (exact) mass is 380 g/mol. The van der Waals surface area contributed by atoms with Crippen molar-refractivity contribution in [3.63, 3.8) is 0 Å². The van der Waals surface area contributed by atoms with Crippen molar-refractivity contribution < 1.29 is 4.79 Å². The van der Waals surface area contributed by atoms with Gasteiger partial charge in [0.1, 0.15) is 0 Å². The van der Waals surface area contributed by atoms with Gasteiger partial charge in [-0.05, 0) is 19.4 Å². The fourth-order valence-corrected chi connectivity index (χ4v) is 3.80. The van der Waals surface area contributed by atoms with E-state index in [9.17, 15) is 4.79 Å². The summed E-state index contributed by atoms with van der Waals surface area (Å²) < 4.78 is 0. The van der Waals surface area contributed by atoms with Gasteiger partial charge in [0.2, 0.25) is 5.91 Å². The first kappa shape index (κ1) is 20.6. The number of thiazole rings is 1. The summed E-state index contributed by atoms with van der Waals surface area (Å²) in [5.41, 5.74) is 1.18. The van der Waals surface area contributed by atoms with Crippen molar-refractivity contribution in [1.82, 2.24) is 20.1 Å². The molecule has 5 nitrogen and oxygen atoms in total. The zero-order chi connectivity index (χ0) is 14.7. The minimum absolute atomic E-state index is 0. The first-order valence-electron chi connectivity index (χ1n) is 7.91. The number of halogens is 2. The summed E-state index contributed by atoms with van der Waals surface area (Å²) in [6, 6.07) is 0. The predicted molar refractivity (Wildman–Crippen MR) is 98.8 cm³/mol. The molecule has 2 aliphatic heterocycles. The van der Waals surface area contributed by atoms with E-state index in [2.05, 4.69) is 27.5 Å². The summed E-state index contributed by atoms with van der Waals surface area (Å²) in [5.74, 6) is 0.559. The molecule has 2 aliphatic rings. The molecule has 0 saturated carbocycles. The third-order valence-electron chi connectivity index (χ3n) is 4.38. The molecule has 1 aromatic rings. The quantitative estimate of drug-likeness (QED) is 0.864. The van der Waals surface area contributed by atoms with E-state index in [1.807, 2.05) is 4.90 Å².